The van der Waals surface area contributed by atoms with Crippen LogP contribution in [0.4, 0.5) is 0 Å². The maximum absolute atomic E-state index is 12.8. The van der Waals surface area contributed by atoms with E-state index in [1.165, 1.54) is 42.5 Å². The monoisotopic (exact) mass is 496 g/mol. The zero-order valence-electron chi connectivity index (χ0n) is 20.9. The Labute approximate surface area is 207 Å². The highest BCUT2D eigenvalue weighted by atomic mass is 32.2. The third-order valence-corrected chi connectivity index (χ3v) is 7.97. The quantitative estimate of drug-likeness (QED) is 0.399. The summed E-state index contributed by atoms with van der Waals surface area (Å²) in [5, 5.41) is 4.64. The predicted molar refractivity (Wildman–Crippen MR) is 135 cm³/mol. The van der Waals surface area contributed by atoms with Crippen molar-refractivity contribution < 1.29 is 18.0 Å². The van der Waals surface area contributed by atoms with Crippen LogP contribution in [0.15, 0.2) is 59.5 Å². The van der Waals surface area contributed by atoms with Crippen LogP contribution < -0.4 is 0 Å². The first-order valence-corrected chi connectivity index (χ1v) is 12.9. The molecule has 9 heteroatoms. The second-order valence-electron chi connectivity index (χ2n) is 8.66. The van der Waals surface area contributed by atoms with Gasteiger partial charge in [-0.2, -0.15) is 5.10 Å². The maximum atomic E-state index is 12.8. The fourth-order valence-corrected chi connectivity index (χ4v) is 5.06. The van der Waals surface area contributed by atoms with Gasteiger partial charge in [-0.3, -0.25) is 9.59 Å². The Morgan fingerprint density at radius 2 is 1.60 bits per heavy atom. The van der Waals surface area contributed by atoms with Gasteiger partial charge in [0, 0.05) is 50.4 Å². The summed E-state index contributed by atoms with van der Waals surface area (Å²) in [7, 11) is -0.456. The number of hydrogen-bond donors (Lipinski definition) is 0. The fraction of sp³-hybridized carbons (Fsp3) is 0.346. The van der Waals surface area contributed by atoms with Gasteiger partial charge in [-0.15, -0.1) is 0 Å². The van der Waals surface area contributed by atoms with Crippen LogP contribution in [0.3, 0.4) is 0 Å². The van der Waals surface area contributed by atoms with Crippen LogP contribution in [0, 0.1) is 13.8 Å². The van der Waals surface area contributed by atoms with Crippen molar-refractivity contribution in [2.24, 2.45) is 0 Å². The third-order valence-electron chi connectivity index (χ3n) is 6.10. The number of ketones is 1. The van der Waals surface area contributed by atoms with Crippen LogP contribution in [-0.4, -0.2) is 59.7 Å². The van der Waals surface area contributed by atoms with Crippen molar-refractivity contribution >= 4 is 21.7 Å². The van der Waals surface area contributed by atoms with Gasteiger partial charge in [0.1, 0.15) is 0 Å². The minimum Gasteiger partial charge on any atom is -0.341 e. The van der Waals surface area contributed by atoms with E-state index in [1.807, 2.05) is 48.9 Å². The van der Waals surface area contributed by atoms with E-state index < -0.39 is 10.0 Å². The largest absolute Gasteiger partial charge is 0.341 e. The van der Waals surface area contributed by atoms with Gasteiger partial charge in [-0.05, 0) is 51.5 Å². The van der Waals surface area contributed by atoms with Crippen LogP contribution in [-0.2, 0) is 21.4 Å². The van der Waals surface area contributed by atoms with Crippen molar-refractivity contribution in [1.82, 2.24) is 19.0 Å². The summed E-state index contributed by atoms with van der Waals surface area (Å²) in [6.07, 6.45) is 0.621. The fourth-order valence-electron chi connectivity index (χ4n) is 3.86. The topological polar surface area (TPSA) is 92.6 Å². The van der Waals surface area contributed by atoms with Gasteiger partial charge >= 0.3 is 0 Å². The normalized spacial score (nSPS) is 11.6. The summed E-state index contributed by atoms with van der Waals surface area (Å²) in [5.74, 6) is -0.185. The lowest BCUT2D eigenvalue weighted by Gasteiger charge is -2.20. The highest BCUT2D eigenvalue weighted by Crippen LogP contribution is 2.20. The van der Waals surface area contributed by atoms with Crippen molar-refractivity contribution in [2.45, 2.75) is 45.1 Å². The molecule has 35 heavy (non-hydrogen) atoms. The first-order chi connectivity index (χ1) is 16.5. The Morgan fingerprint density at radius 3 is 2.20 bits per heavy atom. The summed E-state index contributed by atoms with van der Waals surface area (Å²) in [4.78, 5) is 25.9. The molecule has 0 N–H and O–H groups in total. The number of carbonyl (C=O) groups excluding carboxylic acids is 2. The second-order valence-corrected chi connectivity index (χ2v) is 10.7. The molecule has 0 bridgehead atoms. The Morgan fingerprint density at radius 1 is 0.971 bits per heavy atom. The van der Waals surface area contributed by atoms with Gasteiger partial charge < -0.3 is 4.90 Å². The van der Waals surface area contributed by atoms with Crippen LogP contribution in [0.5, 0.6) is 0 Å². The Hall–Kier alpha value is -3.30. The second kappa shape index (κ2) is 11.0. The molecular formula is C26H32N4O4S. The molecule has 0 saturated heterocycles. The van der Waals surface area contributed by atoms with Crippen molar-refractivity contribution in [1.29, 1.82) is 0 Å². The summed E-state index contributed by atoms with van der Waals surface area (Å²) < 4.78 is 28.7. The molecule has 0 spiro atoms. The smallest absolute Gasteiger partial charge is 0.242 e. The van der Waals surface area contributed by atoms with E-state index in [1.54, 1.807) is 11.9 Å². The third kappa shape index (κ3) is 6.04. The number of hydrogen-bond acceptors (Lipinski definition) is 5. The number of carbonyl (C=O) groups is 2. The SMILES string of the molecule is CC(=O)c1ccc(S(=O)(=O)N(C)CCCC(=O)N(C)Cc2c(C)nn(-c3ccccc3)c2C)cc1. The van der Waals surface area contributed by atoms with Gasteiger partial charge in [0.05, 0.1) is 16.3 Å². The minimum absolute atomic E-state index is 0.0622. The summed E-state index contributed by atoms with van der Waals surface area (Å²) in [6.45, 7) is 5.99. The Kier molecular flexibility index (Phi) is 8.24. The number of aromatic nitrogens is 2. The molecule has 0 unspecified atom stereocenters. The molecule has 3 rings (SSSR count). The molecular weight excluding hydrogens is 464 g/mol. The summed E-state index contributed by atoms with van der Waals surface area (Å²) in [6, 6.07) is 15.7. The molecule has 186 valence electrons. The molecule has 0 radical (unpaired) electrons. The van der Waals surface area contributed by atoms with E-state index in [4.69, 9.17) is 0 Å². The molecule has 1 heterocycles. The average Bonchev–Trinajstić information content (AvgIpc) is 3.12. The van der Waals surface area contributed by atoms with Gasteiger partial charge in [0.2, 0.25) is 15.9 Å². The molecule has 0 aliphatic heterocycles. The standard InChI is InChI=1S/C26H32N4O4S/c1-19-25(20(2)30(27-19)23-10-7-6-8-11-23)18-28(4)26(32)12-9-17-29(5)35(33,34)24-15-13-22(14-16-24)21(3)31/h6-8,10-11,13-16H,9,12,17-18H2,1-5H3. The van der Waals surface area contributed by atoms with Gasteiger partial charge in [-0.1, -0.05) is 30.3 Å². The van der Waals surface area contributed by atoms with E-state index in [-0.39, 0.29) is 29.6 Å². The Balaban J connectivity index is 1.57. The van der Waals surface area contributed by atoms with Crippen molar-refractivity contribution in [3.8, 4) is 5.69 Å². The first-order valence-electron chi connectivity index (χ1n) is 11.4. The molecule has 2 aromatic carbocycles. The maximum Gasteiger partial charge on any atom is 0.242 e. The van der Waals surface area contributed by atoms with Crippen molar-refractivity contribution in [2.75, 3.05) is 20.6 Å². The molecule has 0 aliphatic carbocycles. The average molecular weight is 497 g/mol. The highest BCUT2D eigenvalue weighted by Gasteiger charge is 2.22. The van der Waals surface area contributed by atoms with E-state index in [0.717, 1.165) is 22.6 Å². The van der Waals surface area contributed by atoms with E-state index in [9.17, 15) is 18.0 Å². The molecule has 0 atom stereocenters. The Bertz CT molecular complexity index is 1300. The molecule has 3 aromatic rings. The summed E-state index contributed by atoms with van der Waals surface area (Å²) >= 11 is 0. The lowest BCUT2D eigenvalue weighted by atomic mass is 10.1. The van der Waals surface area contributed by atoms with Crippen molar-refractivity contribution in [3.05, 3.63) is 77.1 Å². The van der Waals surface area contributed by atoms with Crippen LogP contribution in [0.1, 0.15) is 47.1 Å². The van der Waals surface area contributed by atoms with Crippen molar-refractivity contribution in [3.63, 3.8) is 0 Å². The number of sulfonamides is 1. The number of nitrogens with zero attached hydrogens (tertiary/aromatic N) is 4. The van der Waals surface area contributed by atoms with Crippen LogP contribution in [0.2, 0.25) is 0 Å². The molecule has 0 aliphatic rings. The van der Waals surface area contributed by atoms with Gasteiger partial charge in [0.15, 0.2) is 5.78 Å². The number of para-hydroxylation sites is 1. The highest BCUT2D eigenvalue weighted by molar-refractivity contribution is 7.89. The molecule has 0 saturated carbocycles. The van der Waals surface area contributed by atoms with Gasteiger partial charge in [0.25, 0.3) is 0 Å². The molecule has 1 aromatic heterocycles. The van der Waals surface area contributed by atoms with Crippen LogP contribution >= 0.6 is 0 Å². The lowest BCUT2D eigenvalue weighted by Crippen LogP contribution is -2.30. The zero-order valence-corrected chi connectivity index (χ0v) is 21.7. The van der Waals surface area contributed by atoms with E-state index in [2.05, 4.69) is 5.10 Å². The number of amides is 1. The number of benzene rings is 2. The molecule has 8 nitrogen and oxygen atoms in total. The lowest BCUT2D eigenvalue weighted by molar-refractivity contribution is -0.130. The van der Waals surface area contributed by atoms with Gasteiger partial charge in [-0.25, -0.2) is 17.4 Å². The number of Topliss-reactive ketones (excluding diaryl/α,β-unsaturated/α-hetero) is 1. The van der Waals surface area contributed by atoms with E-state index >= 15 is 0 Å². The minimum atomic E-state index is -3.70. The van der Waals surface area contributed by atoms with Crippen LogP contribution in [0.25, 0.3) is 5.69 Å². The first kappa shape index (κ1) is 26.3. The molecule has 0 fully saturated rings. The van der Waals surface area contributed by atoms with E-state index in [0.29, 0.717) is 18.5 Å². The molecule has 1 amide bonds. The number of aryl methyl sites for hydroxylation is 1. The zero-order chi connectivity index (χ0) is 25.8. The number of rotatable bonds is 10. The predicted octanol–water partition coefficient (Wildman–Crippen LogP) is 3.75. The summed E-state index contributed by atoms with van der Waals surface area (Å²) in [5.41, 5.74) is 4.27.